The zero-order valence-corrected chi connectivity index (χ0v) is 9.89. The Kier molecular flexibility index (Phi) is 2.31. The average molecular weight is 202 g/mol. The lowest BCUT2D eigenvalue weighted by molar-refractivity contribution is 0.839. The van der Waals surface area contributed by atoms with Crippen LogP contribution in [0.1, 0.15) is 22.4 Å². The smallest absolute Gasteiger partial charge is 0.0515 e. The Labute approximate surface area is 90.7 Å². The molecule has 1 aromatic heterocycles. The second kappa shape index (κ2) is 3.38. The lowest BCUT2D eigenvalue weighted by Crippen LogP contribution is -2.04. The van der Waals surface area contributed by atoms with E-state index in [1.54, 1.807) is 0 Å². The third-order valence-electron chi connectivity index (χ3n) is 3.33. The molecular formula is C13H18N2. The van der Waals surface area contributed by atoms with E-state index in [1.165, 1.54) is 33.3 Å². The van der Waals surface area contributed by atoms with Gasteiger partial charge in [-0.2, -0.15) is 0 Å². The Morgan fingerprint density at radius 2 is 1.73 bits per heavy atom. The highest BCUT2D eigenvalue weighted by Gasteiger charge is 2.13. The first-order valence-corrected chi connectivity index (χ1v) is 5.32. The number of hydrogen-bond acceptors (Lipinski definition) is 1. The number of aromatic nitrogens is 1. The van der Waals surface area contributed by atoms with Crippen LogP contribution >= 0.6 is 0 Å². The predicted molar refractivity (Wildman–Crippen MR) is 65.0 cm³/mol. The molecule has 0 unspecified atom stereocenters. The first-order chi connectivity index (χ1) is 7.07. The Bertz CT molecular complexity index is 476. The number of benzene rings is 1. The van der Waals surface area contributed by atoms with Crippen LogP contribution < -0.4 is 5.73 Å². The summed E-state index contributed by atoms with van der Waals surface area (Å²) >= 11 is 0. The summed E-state index contributed by atoms with van der Waals surface area (Å²) in [5.74, 6) is 0. The van der Waals surface area contributed by atoms with E-state index in [0.717, 1.165) is 0 Å². The molecule has 2 aromatic rings. The third kappa shape index (κ3) is 1.29. The fourth-order valence-electron chi connectivity index (χ4n) is 2.52. The average Bonchev–Trinajstić information content (AvgIpc) is 2.46. The molecule has 0 aliphatic rings. The molecule has 1 aromatic carbocycles. The van der Waals surface area contributed by atoms with Crippen molar-refractivity contribution in [2.45, 2.75) is 27.3 Å². The molecule has 0 spiro atoms. The molecule has 0 atom stereocenters. The van der Waals surface area contributed by atoms with Crippen LogP contribution in [-0.4, -0.2) is 4.57 Å². The number of hydrogen-bond donors (Lipinski definition) is 1. The van der Waals surface area contributed by atoms with Gasteiger partial charge in [-0.25, -0.2) is 0 Å². The number of rotatable bonds is 1. The normalized spacial score (nSPS) is 11.3. The van der Waals surface area contributed by atoms with Crippen molar-refractivity contribution < 1.29 is 0 Å². The SMILES string of the molecule is Cc1ccc(C)c2c1c(C)c(CN)n2C. The summed E-state index contributed by atoms with van der Waals surface area (Å²) in [4.78, 5) is 0. The van der Waals surface area contributed by atoms with Gasteiger partial charge in [-0.15, -0.1) is 0 Å². The Hall–Kier alpha value is -1.28. The Balaban J connectivity index is 3.01. The molecule has 0 saturated heterocycles. The van der Waals surface area contributed by atoms with Crippen LogP contribution in [0.2, 0.25) is 0 Å². The number of fused-ring (bicyclic) bond motifs is 1. The summed E-state index contributed by atoms with van der Waals surface area (Å²) in [6, 6.07) is 4.36. The molecule has 2 rings (SSSR count). The van der Waals surface area contributed by atoms with Gasteiger partial charge in [-0.3, -0.25) is 0 Å². The van der Waals surface area contributed by atoms with Gasteiger partial charge in [0.15, 0.2) is 0 Å². The second-order valence-electron chi connectivity index (χ2n) is 4.26. The molecule has 2 heteroatoms. The molecule has 0 aliphatic heterocycles. The molecule has 2 nitrogen and oxygen atoms in total. The quantitative estimate of drug-likeness (QED) is 0.757. The molecular weight excluding hydrogens is 184 g/mol. The molecule has 0 saturated carbocycles. The molecule has 0 radical (unpaired) electrons. The van der Waals surface area contributed by atoms with Gasteiger partial charge in [0, 0.05) is 24.7 Å². The van der Waals surface area contributed by atoms with Crippen LogP contribution in [0.15, 0.2) is 12.1 Å². The maximum atomic E-state index is 5.79. The van der Waals surface area contributed by atoms with E-state index in [9.17, 15) is 0 Å². The van der Waals surface area contributed by atoms with Gasteiger partial charge < -0.3 is 10.3 Å². The van der Waals surface area contributed by atoms with Crippen molar-refractivity contribution in [2.24, 2.45) is 12.8 Å². The summed E-state index contributed by atoms with van der Waals surface area (Å²) in [5.41, 5.74) is 12.3. The zero-order chi connectivity index (χ0) is 11.2. The van der Waals surface area contributed by atoms with Crippen molar-refractivity contribution in [3.8, 4) is 0 Å². The first kappa shape index (κ1) is 10.2. The molecule has 15 heavy (non-hydrogen) atoms. The highest BCUT2D eigenvalue weighted by atomic mass is 15.0. The summed E-state index contributed by atoms with van der Waals surface area (Å²) in [7, 11) is 2.10. The van der Waals surface area contributed by atoms with E-state index in [1.807, 2.05) is 0 Å². The highest BCUT2D eigenvalue weighted by molar-refractivity contribution is 5.90. The second-order valence-corrected chi connectivity index (χ2v) is 4.26. The first-order valence-electron chi connectivity index (χ1n) is 5.32. The van der Waals surface area contributed by atoms with Crippen LogP contribution in [0.4, 0.5) is 0 Å². The topological polar surface area (TPSA) is 30.9 Å². The van der Waals surface area contributed by atoms with Crippen LogP contribution in [-0.2, 0) is 13.6 Å². The summed E-state index contributed by atoms with van der Waals surface area (Å²) in [5, 5.41) is 1.37. The van der Waals surface area contributed by atoms with Crippen molar-refractivity contribution in [3.63, 3.8) is 0 Å². The van der Waals surface area contributed by atoms with E-state index < -0.39 is 0 Å². The Morgan fingerprint density at radius 1 is 1.13 bits per heavy atom. The van der Waals surface area contributed by atoms with Crippen molar-refractivity contribution >= 4 is 10.9 Å². The Morgan fingerprint density at radius 3 is 2.27 bits per heavy atom. The van der Waals surface area contributed by atoms with Crippen molar-refractivity contribution in [1.82, 2.24) is 4.57 Å². The van der Waals surface area contributed by atoms with Crippen molar-refractivity contribution in [2.75, 3.05) is 0 Å². The van der Waals surface area contributed by atoms with E-state index in [0.29, 0.717) is 6.54 Å². The summed E-state index contributed by atoms with van der Waals surface area (Å²) in [6.45, 7) is 7.09. The maximum Gasteiger partial charge on any atom is 0.0515 e. The lowest BCUT2D eigenvalue weighted by atomic mass is 10.0. The van der Waals surface area contributed by atoms with Crippen molar-refractivity contribution in [3.05, 3.63) is 34.5 Å². The van der Waals surface area contributed by atoms with E-state index in [4.69, 9.17) is 5.73 Å². The predicted octanol–water partition coefficient (Wildman–Crippen LogP) is 2.56. The fourth-order valence-corrected chi connectivity index (χ4v) is 2.52. The highest BCUT2D eigenvalue weighted by Crippen LogP contribution is 2.29. The monoisotopic (exact) mass is 202 g/mol. The van der Waals surface area contributed by atoms with Gasteiger partial charge in [-0.05, 0) is 37.5 Å². The zero-order valence-electron chi connectivity index (χ0n) is 9.89. The minimum atomic E-state index is 0.607. The largest absolute Gasteiger partial charge is 0.346 e. The standard InChI is InChI=1S/C13H18N2/c1-8-5-6-9(2)13-12(8)10(3)11(7-14)15(13)4/h5-6H,7,14H2,1-4H3. The molecule has 0 amide bonds. The van der Waals surface area contributed by atoms with Gasteiger partial charge >= 0.3 is 0 Å². The fraction of sp³-hybridized carbons (Fsp3) is 0.385. The molecule has 0 fully saturated rings. The van der Waals surface area contributed by atoms with Gasteiger partial charge in [-0.1, -0.05) is 12.1 Å². The van der Waals surface area contributed by atoms with Crippen molar-refractivity contribution in [1.29, 1.82) is 0 Å². The number of aryl methyl sites for hydroxylation is 4. The van der Waals surface area contributed by atoms with Crippen LogP contribution in [0.3, 0.4) is 0 Å². The van der Waals surface area contributed by atoms with Gasteiger partial charge in [0.25, 0.3) is 0 Å². The molecule has 80 valence electrons. The molecule has 0 bridgehead atoms. The number of nitrogens with zero attached hydrogens (tertiary/aromatic N) is 1. The van der Waals surface area contributed by atoms with E-state index in [2.05, 4.69) is 44.5 Å². The van der Waals surface area contributed by atoms with Gasteiger partial charge in [0.2, 0.25) is 0 Å². The van der Waals surface area contributed by atoms with Gasteiger partial charge in [0.1, 0.15) is 0 Å². The minimum absolute atomic E-state index is 0.607. The molecule has 1 heterocycles. The third-order valence-corrected chi connectivity index (χ3v) is 3.33. The molecule has 0 aliphatic carbocycles. The van der Waals surface area contributed by atoms with Crippen LogP contribution in [0, 0.1) is 20.8 Å². The summed E-state index contributed by atoms with van der Waals surface area (Å²) in [6.07, 6.45) is 0. The molecule has 2 N–H and O–H groups in total. The number of nitrogens with two attached hydrogens (primary N) is 1. The van der Waals surface area contributed by atoms with E-state index in [-0.39, 0.29) is 0 Å². The maximum absolute atomic E-state index is 5.79. The van der Waals surface area contributed by atoms with Gasteiger partial charge in [0.05, 0.1) is 5.52 Å². The lowest BCUT2D eigenvalue weighted by Gasteiger charge is -2.04. The summed E-state index contributed by atoms with van der Waals surface area (Å²) < 4.78 is 2.23. The minimum Gasteiger partial charge on any atom is -0.346 e. The van der Waals surface area contributed by atoms with Crippen LogP contribution in [0.5, 0.6) is 0 Å². The van der Waals surface area contributed by atoms with E-state index >= 15 is 0 Å². The van der Waals surface area contributed by atoms with Crippen LogP contribution in [0.25, 0.3) is 10.9 Å².